The third-order valence-corrected chi connectivity index (χ3v) is 5.63. The molecule has 1 aromatic heterocycles. The average Bonchev–Trinajstić information content (AvgIpc) is 2.64. The van der Waals surface area contributed by atoms with E-state index < -0.39 is 0 Å². The molecule has 1 aromatic rings. The van der Waals surface area contributed by atoms with E-state index >= 15 is 0 Å². The van der Waals surface area contributed by atoms with Crippen LogP contribution in [0.1, 0.15) is 18.4 Å². The Bertz CT molecular complexity index is 624. The van der Waals surface area contributed by atoms with Gasteiger partial charge in [-0.05, 0) is 24.5 Å². The predicted molar refractivity (Wildman–Crippen MR) is 107 cm³/mol. The van der Waals surface area contributed by atoms with Gasteiger partial charge in [-0.15, -0.1) is 0 Å². The van der Waals surface area contributed by atoms with Crippen molar-refractivity contribution in [2.24, 2.45) is 0 Å². The predicted octanol–water partition coefficient (Wildman–Crippen LogP) is 0.903. The van der Waals surface area contributed by atoms with E-state index in [-0.39, 0.29) is 11.5 Å². The van der Waals surface area contributed by atoms with Crippen molar-refractivity contribution in [3.05, 3.63) is 23.9 Å². The van der Waals surface area contributed by atoms with Gasteiger partial charge in [0.1, 0.15) is 5.82 Å². The van der Waals surface area contributed by atoms with Gasteiger partial charge in [0.2, 0.25) is 5.91 Å². The highest BCUT2D eigenvalue weighted by molar-refractivity contribution is 5.77. The number of pyridine rings is 1. The molecule has 7 nitrogen and oxygen atoms in total. The lowest BCUT2D eigenvalue weighted by Crippen LogP contribution is -2.57. The number of likely N-dealkylation sites (tertiary alicyclic amines) is 1. The van der Waals surface area contributed by atoms with Gasteiger partial charge in [0.05, 0.1) is 18.8 Å². The van der Waals surface area contributed by atoms with Crippen molar-refractivity contribution in [3.8, 4) is 0 Å². The van der Waals surface area contributed by atoms with E-state index in [1.165, 1.54) is 5.56 Å². The van der Waals surface area contributed by atoms with Crippen LogP contribution in [-0.2, 0) is 16.1 Å². The Balaban J connectivity index is 1.51. The summed E-state index contributed by atoms with van der Waals surface area (Å²) in [6.45, 7) is 5.88. The number of amides is 1. The number of anilines is 1. The third-order valence-electron chi connectivity index (χ3n) is 5.63. The zero-order valence-electron chi connectivity index (χ0n) is 17.1. The van der Waals surface area contributed by atoms with Gasteiger partial charge in [0, 0.05) is 67.1 Å². The highest BCUT2D eigenvalue weighted by atomic mass is 16.5. The maximum atomic E-state index is 12.0. The van der Waals surface area contributed by atoms with Gasteiger partial charge in [-0.3, -0.25) is 14.6 Å². The van der Waals surface area contributed by atoms with E-state index in [9.17, 15) is 4.79 Å². The first-order valence-electron chi connectivity index (χ1n) is 9.78. The first-order valence-corrected chi connectivity index (χ1v) is 9.78. The second-order valence-corrected chi connectivity index (χ2v) is 8.23. The van der Waals surface area contributed by atoms with Crippen LogP contribution < -0.4 is 4.90 Å². The van der Waals surface area contributed by atoms with Gasteiger partial charge in [0.15, 0.2) is 0 Å². The Morgan fingerprint density at radius 3 is 2.48 bits per heavy atom. The standard InChI is InChI=1S/C20H33N5O2/c1-22(2)18-6-5-17(13-21-18)14-24-9-7-20(8-10-24)16-25(11-12-27-20)15-19(26)23(3)4/h5-6,13H,7-12,14-16H2,1-4H3. The molecule has 27 heavy (non-hydrogen) atoms. The second-order valence-electron chi connectivity index (χ2n) is 8.23. The molecule has 1 amide bonds. The van der Waals surface area contributed by atoms with Crippen LogP contribution in [0.3, 0.4) is 0 Å². The molecule has 0 bridgehead atoms. The topological polar surface area (TPSA) is 52.2 Å². The molecule has 0 aliphatic carbocycles. The number of carbonyl (C=O) groups excluding carboxylic acids is 1. The number of ether oxygens (including phenoxy) is 1. The van der Waals surface area contributed by atoms with Crippen molar-refractivity contribution in [1.29, 1.82) is 0 Å². The normalized spacial score (nSPS) is 20.6. The van der Waals surface area contributed by atoms with Crippen LogP contribution in [0.4, 0.5) is 5.82 Å². The minimum Gasteiger partial charge on any atom is -0.372 e. The quantitative estimate of drug-likeness (QED) is 0.762. The van der Waals surface area contributed by atoms with E-state index in [2.05, 4.69) is 26.9 Å². The molecule has 7 heteroatoms. The number of aromatic nitrogens is 1. The Labute approximate surface area is 162 Å². The summed E-state index contributed by atoms with van der Waals surface area (Å²) in [4.78, 5) is 25.0. The lowest BCUT2D eigenvalue weighted by molar-refractivity contribution is -0.147. The van der Waals surface area contributed by atoms with E-state index in [1.807, 2.05) is 39.3 Å². The first kappa shape index (κ1) is 20.0. The monoisotopic (exact) mass is 375 g/mol. The molecule has 2 saturated heterocycles. The molecule has 0 saturated carbocycles. The summed E-state index contributed by atoms with van der Waals surface area (Å²) >= 11 is 0. The van der Waals surface area contributed by atoms with Crippen LogP contribution in [0.25, 0.3) is 0 Å². The van der Waals surface area contributed by atoms with Crippen molar-refractivity contribution < 1.29 is 9.53 Å². The molecule has 1 spiro atoms. The Kier molecular flexibility index (Phi) is 6.34. The summed E-state index contributed by atoms with van der Waals surface area (Å²) in [6.07, 6.45) is 4.01. The number of morpholine rings is 1. The number of likely N-dealkylation sites (N-methyl/N-ethyl adjacent to an activating group) is 1. The molecular weight excluding hydrogens is 342 g/mol. The summed E-state index contributed by atoms with van der Waals surface area (Å²) in [5, 5.41) is 0. The SMILES string of the molecule is CN(C)C(=O)CN1CCOC2(CCN(Cc3ccc(N(C)C)nc3)CC2)C1. The molecule has 2 aliphatic rings. The lowest BCUT2D eigenvalue weighted by Gasteiger charge is -2.47. The minimum atomic E-state index is -0.0889. The highest BCUT2D eigenvalue weighted by Gasteiger charge is 2.40. The van der Waals surface area contributed by atoms with Crippen LogP contribution in [0.5, 0.6) is 0 Å². The molecule has 2 aliphatic heterocycles. The van der Waals surface area contributed by atoms with Crippen LogP contribution in [0.2, 0.25) is 0 Å². The number of nitrogens with zero attached hydrogens (tertiary/aromatic N) is 5. The van der Waals surface area contributed by atoms with Gasteiger partial charge in [-0.1, -0.05) is 6.07 Å². The molecule has 0 unspecified atom stereocenters. The average molecular weight is 376 g/mol. The Hall–Kier alpha value is -1.70. The summed E-state index contributed by atoms with van der Waals surface area (Å²) in [7, 11) is 7.64. The third kappa shape index (κ3) is 5.18. The van der Waals surface area contributed by atoms with Gasteiger partial charge in [-0.25, -0.2) is 4.98 Å². The van der Waals surface area contributed by atoms with Gasteiger partial charge < -0.3 is 14.5 Å². The molecule has 0 aromatic carbocycles. The molecule has 0 atom stereocenters. The van der Waals surface area contributed by atoms with E-state index in [1.54, 1.807) is 4.90 Å². The molecule has 0 N–H and O–H groups in total. The summed E-state index contributed by atoms with van der Waals surface area (Å²) in [5.41, 5.74) is 1.16. The maximum Gasteiger partial charge on any atom is 0.236 e. The number of piperidine rings is 1. The van der Waals surface area contributed by atoms with Crippen LogP contribution >= 0.6 is 0 Å². The summed E-state index contributed by atoms with van der Waals surface area (Å²) in [6, 6.07) is 4.24. The van der Waals surface area contributed by atoms with Crippen molar-refractivity contribution in [3.63, 3.8) is 0 Å². The molecule has 3 rings (SSSR count). The lowest BCUT2D eigenvalue weighted by atomic mass is 9.89. The molecule has 150 valence electrons. The number of carbonyl (C=O) groups is 1. The molecule has 3 heterocycles. The zero-order chi connectivity index (χ0) is 19.4. The molecular formula is C20H33N5O2. The van der Waals surface area contributed by atoms with Crippen molar-refractivity contribution in [2.45, 2.75) is 25.0 Å². The molecule has 2 fully saturated rings. The summed E-state index contributed by atoms with van der Waals surface area (Å²) < 4.78 is 6.21. The number of hydrogen-bond donors (Lipinski definition) is 0. The van der Waals surface area contributed by atoms with Crippen LogP contribution in [0.15, 0.2) is 18.3 Å². The largest absolute Gasteiger partial charge is 0.372 e. The summed E-state index contributed by atoms with van der Waals surface area (Å²) in [5.74, 6) is 1.15. The minimum absolute atomic E-state index is 0.0889. The zero-order valence-corrected chi connectivity index (χ0v) is 17.1. The number of rotatable bonds is 5. The number of hydrogen-bond acceptors (Lipinski definition) is 6. The van der Waals surface area contributed by atoms with Gasteiger partial charge in [-0.2, -0.15) is 0 Å². The van der Waals surface area contributed by atoms with E-state index in [4.69, 9.17) is 4.74 Å². The van der Waals surface area contributed by atoms with Gasteiger partial charge >= 0.3 is 0 Å². The first-order chi connectivity index (χ1) is 12.9. The fourth-order valence-electron chi connectivity index (χ4n) is 3.85. The fourth-order valence-corrected chi connectivity index (χ4v) is 3.85. The van der Waals surface area contributed by atoms with Crippen LogP contribution in [-0.4, -0.2) is 98.7 Å². The van der Waals surface area contributed by atoms with Crippen molar-refractivity contribution in [1.82, 2.24) is 19.7 Å². The van der Waals surface area contributed by atoms with E-state index in [0.717, 1.165) is 58.0 Å². The fraction of sp³-hybridized carbons (Fsp3) is 0.700. The van der Waals surface area contributed by atoms with E-state index in [0.29, 0.717) is 6.54 Å². The maximum absolute atomic E-state index is 12.0. The Morgan fingerprint density at radius 2 is 1.89 bits per heavy atom. The van der Waals surface area contributed by atoms with Crippen molar-refractivity contribution >= 4 is 11.7 Å². The highest BCUT2D eigenvalue weighted by Crippen LogP contribution is 2.30. The Morgan fingerprint density at radius 1 is 1.15 bits per heavy atom. The molecule has 0 radical (unpaired) electrons. The second kappa shape index (κ2) is 8.54. The van der Waals surface area contributed by atoms with Crippen LogP contribution in [0, 0.1) is 0 Å². The smallest absolute Gasteiger partial charge is 0.236 e. The van der Waals surface area contributed by atoms with Gasteiger partial charge in [0.25, 0.3) is 0 Å². The van der Waals surface area contributed by atoms with Crippen molar-refractivity contribution in [2.75, 3.05) is 72.4 Å².